The first-order valence-electron chi connectivity index (χ1n) is 21.2. The van der Waals surface area contributed by atoms with Gasteiger partial charge in [0.1, 0.15) is 46.8 Å². The normalized spacial score (nSPS) is 22.6. The largest absolute Gasteiger partial charge is 0.461 e. The molecule has 2 N–H and O–H groups in total. The Hall–Kier alpha value is -5.77. The molecular weight excluding hydrogens is 826 g/mol. The van der Waals surface area contributed by atoms with Crippen LogP contribution in [0.15, 0.2) is 30.5 Å². The van der Waals surface area contributed by atoms with Gasteiger partial charge >= 0.3 is 24.0 Å². The fourth-order valence-corrected chi connectivity index (χ4v) is 9.42. The summed E-state index contributed by atoms with van der Waals surface area (Å²) in [6.45, 7) is 4.74. The van der Waals surface area contributed by atoms with Crippen molar-refractivity contribution >= 4 is 45.5 Å². The second-order valence-electron chi connectivity index (χ2n) is 17.2. The second kappa shape index (κ2) is 17.4. The average Bonchev–Trinajstić information content (AvgIpc) is 3.88. The van der Waals surface area contributed by atoms with E-state index in [1.54, 1.807) is 4.90 Å². The minimum atomic E-state index is -1.68. The third kappa shape index (κ3) is 8.17. The van der Waals surface area contributed by atoms with E-state index in [0.717, 1.165) is 12.5 Å². The molecule has 0 spiro atoms. The molecular formula is C45H49F3N6O9. The number of halogens is 3. The molecule has 1 amide bonds. The summed E-state index contributed by atoms with van der Waals surface area (Å²) in [5.74, 6) is -0.690. The third-order valence-corrected chi connectivity index (χ3v) is 12.7. The Morgan fingerprint density at radius 1 is 1.08 bits per heavy atom. The lowest BCUT2D eigenvalue weighted by Gasteiger charge is -2.41. The highest BCUT2D eigenvalue weighted by molar-refractivity contribution is 6.03. The number of pyridine rings is 1. The van der Waals surface area contributed by atoms with Gasteiger partial charge in [0.2, 0.25) is 6.29 Å². The van der Waals surface area contributed by atoms with Crippen LogP contribution in [0.2, 0.25) is 0 Å². The van der Waals surface area contributed by atoms with Crippen molar-refractivity contribution in [3.05, 3.63) is 47.7 Å². The van der Waals surface area contributed by atoms with E-state index in [9.17, 15) is 29.0 Å². The van der Waals surface area contributed by atoms with Crippen LogP contribution in [0.1, 0.15) is 71.3 Å². The number of hydrogen-bond acceptors (Lipinski definition) is 14. The first-order chi connectivity index (χ1) is 30.2. The smallest absolute Gasteiger partial charge is 0.413 e. The summed E-state index contributed by atoms with van der Waals surface area (Å²) < 4.78 is 70.3. The number of amides is 1. The molecule has 63 heavy (non-hydrogen) atoms. The number of carbonyl (C=O) groups excluding carboxylic acids is 3. The average molecular weight is 875 g/mol. The molecule has 3 unspecified atom stereocenters. The molecule has 0 aliphatic carbocycles. The summed E-state index contributed by atoms with van der Waals surface area (Å²) in [7, 11) is 0. The number of aliphatic hydroxyl groups is 2. The van der Waals surface area contributed by atoms with Crippen molar-refractivity contribution < 1.29 is 56.7 Å². The Morgan fingerprint density at radius 3 is 2.52 bits per heavy atom. The topological polar surface area (TPSA) is 177 Å². The number of terminal acetylenes is 1. The Kier molecular flexibility index (Phi) is 12.1. The van der Waals surface area contributed by atoms with Crippen LogP contribution in [0.3, 0.4) is 0 Å². The Bertz CT molecular complexity index is 2490. The molecule has 15 nitrogen and oxygen atoms in total. The summed E-state index contributed by atoms with van der Waals surface area (Å²) in [6, 6.07) is 4.31. The van der Waals surface area contributed by atoms with Gasteiger partial charge in [0.15, 0.2) is 5.82 Å². The molecule has 2 aromatic heterocycles. The van der Waals surface area contributed by atoms with Crippen molar-refractivity contribution in [2.24, 2.45) is 5.41 Å². The van der Waals surface area contributed by atoms with Crippen LogP contribution in [0.25, 0.3) is 32.9 Å². The number of piperazine rings is 1. The summed E-state index contributed by atoms with van der Waals surface area (Å²) >= 11 is 0. The highest BCUT2D eigenvalue weighted by Gasteiger charge is 2.50. The molecule has 334 valence electrons. The van der Waals surface area contributed by atoms with Crippen molar-refractivity contribution in [1.29, 1.82) is 0 Å². The number of carbonyl (C=O) groups is 3. The number of benzene rings is 2. The van der Waals surface area contributed by atoms with E-state index in [2.05, 4.69) is 20.8 Å². The van der Waals surface area contributed by atoms with Crippen LogP contribution in [-0.2, 0) is 19.1 Å². The zero-order valence-electron chi connectivity index (χ0n) is 35.2. The number of nitrogens with zero attached hydrogens (tertiary/aromatic N) is 6. The van der Waals surface area contributed by atoms with E-state index >= 15 is 8.78 Å². The monoisotopic (exact) mass is 874 g/mol. The number of anilines is 1. The van der Waals surface area contributed by atoms with Crippen LogP contribution < -0.4 is 14.4 Å². The molecule has 4 aromatic rings. The number of ether oxygens (including phenoxy) is 4. The van der Waals surface area contributed by atoms with Gasteiger partial charge in [0.05, 0.1) is 41.8 Å². The zero-order chi connectivity index (χ0) is 44.8. The Balaban J connectivity index is 1.20. The highest BCUT2D eigenvalue weighted by atomic mass is 19.1. The molecule has 6 heterocycles. The minimum Gasteiger partial charge on any atom is -0.461 e. The summed E-state index contributed by atoms with van der Waals surface area (Å²) in [4.78, 5) is 58.2. The van der Waals surface area contributed by atoms with Crippen LogP contribution in [0.5, 0.6) is 11.8 Å². The van der Waals surface area contributed by atoms with E-state index in [1.165, 1.54) is 38.2 Å². The number of fused-ring (bicyclic) bond motifs is 5. The fraction of sp³-hybridized carbons (Fsp3) is 0.511. The number of esters is 2. The zero-order valence-corrected chi connectivity index (χ0v) is 35.2. The summed E-state index contributed by atoms with van der Waals surface area (Å²) in [5.41, 5.74) is -3.04. The predicted molar refractivity (Wildman–Crippen MR) is 222 cm³/mol. The van der Waals surface area contributed by atoms with Crippen LogP contribution >= 0.6 is 0 Å². The second-order valence-corrected chi connectivity index (χ2v) is 17.2. The molecule has 4 saturated heterocycles. The molecule has 8 rings (SSSR count). The van der Waals surface area contributed by atoms with Gasteiger partial charge in [-0.2, -0.15) is 9.97 Å². The van der Waals surface area contributed by atoms with E-state index < -0.39 is 66.3 Å². The number of hydrogen-bond donors (Lipinski definition) is 2. The fourth-order valence-electron chi connectivity index (χ4n) is 9.42. The Morgan fingerprint density at radius 2 is 1.83 bits per heavy atom. The quantitative estimate of drug-likeness (QED) is 0.0752. The molecule has 18 heteroatoms. The molecule has 5 atom stereocenters. The van der Waals surface area contributed by atoms with Gasteiger partial charge in [-0.1, -0.05) is 18.9 Å². The van der Waals surface area contributed by atoms with E-state index in [1.807, 2.05) is 11.8 Å². The van der Waals surface area contributed by atoms with E-state index in [-0.39, 0.29) is 107 Å². The van der Waals surface area contributed by atoms with E-state index in [0.29, 0.717) is 32.2 Å². The molecule has 4 fully saturated rings. The van der Waals surface area contributed by atoms with Crippen molar-refractivity contribution in [1.82, 2.24) is 24.8 Å². The number of rotatable bonds is 13. The SMILES string of the molecule is C#Cc1c(F)ccc2cc(OC(=O)C(C)(CO)CO)cc(-c3ncc4c(N5CC6CCC(C5)N6C(=O)OC(C)OC(=O)CCC)nc(OC[C@@]56CCCN5C[C@H](F)C6)nc4c3F)c12. The van der Waals surface area contributed by atoms with Crippen molar-refractivity contribution in [3.63, 3.8) is 0 Å². The molecule has 4 aliphatic rings. The van der Waals surface area contributed by atoms with Gasteiger partial charge in [-0.3, -0.25) is 24.4 Å². The molecule has 2 bridgehead atoms. The lowest BCUT2D eigenvalue weighted by molar-refractivity contribution is -0.166. The van der Waals surface area contributed by atoms with Crippen LogP contribution in [0, 0.1) is 29.4 Å². The van der Waals surface area contributed by atoms with Crippen molar-refractivity contribution in [2.75, 3.05) is 50.9 Å². The lowest BCUT2D eigenvalue weighted by atomic mass is 9.93. The Labute approximate surface area is 361 Å². The molecule has 2 aromatic carbocycles. The maximum Gasteiger partial charge on any atom is 0.413 e. The summed E-state index contributed by atoms with van der Waals surface area (Å²) in [6.07, 6.45) is 8.29. The van der Waals surface area contributed by atoms with Gasteiger partial charge in [-0.05, 0) is 69.2 Å². The van der Waals surface area contributed by atoms with Crippen molar-refractivity contribution in [2.45, 2.75) is 95.8 Å². The number of aromatic nitrogens is 3. The number of aliphatic hydroxyl groups excluding tert-OH is 2. The van der Waals surface area contributed by atoms with Crippen LogP contribution in [0.4, 0.5) is 23.8 Å². The van der Waals surface area contributed by atoms with Gasteiger partial charge in [0, 0.05) is 56.5 Å². The highest BCUT2D eigenvalue weighted by Crippen LogP contribution is 2.43. The van der Waals surface area contributed by atoms with Crippen molar-refractivity contribution in [3.8, 4) is 35.4 Å². The minimum absolute atomic E-state index is 0.0420. The predicted octanol–water partition coefficient (Wildman–Crippen LogP) is 5.43. The first-order valence-corrected chi connectivity index (χ1v) is 21.2. The summed E-state index contributed by atoms with van der Waals surface area (Å²) in [5, 5.41) is 20.2. The number of alkyl halides is 1. The lowest BCUT2D eigenvalue weighted by Crippen LogP contribution is -2.56. The standard InChI is InChI=1S/C45H49F3N6O9/c1-5-8-35(57)61-25(3)62-43(59)54-28-10-11-29(54)21-52(20-28)40-33-18-49-38(37(48)39(33)50-42(51-40)60-24-45-13-7-14-53(45)19-27(46)17-45)32-16-30(63-41(58)44(4,22-55)23-56)15-26-9-12-34(47)31(6-2)36(26)32/h2,9,12,15-16,18,25,27-29,55-56H,5,7-8,10-11,13-14,17,19-24H2,1,3-4H3/t25?,27-,28?,29?,45+/m1/s1. The van der Waals surface area contributed by atoms with Gasteiger partial charge in [-0.25, -0.2) is 18.0 Å². The molecule has 0 radical (unpaired) electrons. The molecule has 0 saturated carbocycles. The van der Waals surface area contributed by atoms with E-state index in [4.69, 9.17) is 30.4 Å². The van der Waals surface area contributed by atoms with Crippen LogP contribution in [-0.4, -0.2) is 129 Å². The maximum absolute atomic E-state index is 17.5. The van der Waals surface area contributed by atoms with Gasteiger partial charge in [0.25, 0.3) is 0 Å². The van der Waals surface area contributed by atoms with Gasteiger partial charge < -0.3 is 34.1 Å². The molecule has 4 aliphatic heterocycles. The third-order valence-electron chi connectivity index (χ3n) is 12.7. The maximum atomic E-state index is 17.5. The first kappa shape index (κ1) is 43.9. The van der Waals surface area contributed by atoms with Gasteiger partial charge in [-0.15, -0.1) is 6.42 Å².